The van der Waals surface area contributed by atoms with E-state index in [0.717, 1.165) is 11.1 Å². The number of thiocarbonyl (C=S) groups is 1. The first kappa shape index (κ1) is 11.5. The van der Waals surface area contributed by atoms with E-state index in [1.165, 1.54) is 0 Å². The molecule has 3 nitrogen and oxygen atoms in total. The predicted molar refractivity (Wildman–Crippen MR) is 70.9 cm³/mol. The maximum atomic E-state index is 5.56. The van der Waals surface area contributed by atoms with E-state index in [-0.39, 0.29) is 0 Å². The summed E-state index contributed by atoms with van der Waals surface area (Å²) < 4.78 is 5.56. The van der Waals surface area contributed by atoms with Crippen molar-refractivity contribution in [3.8, 4) is 5.88 Å². The highest BCUT2D eigenvalue weighted by Crippen LogP contribution is 2.11. The third-order valence-electron chi connectivity index (χ3n) is 2.25. The highest BCUT2D eigenvalue weighted by molar-refractivity contribution is 7.80. The molecule has 2 N–H and O–H groups in total. The van der Waals surface area contributed by atoms with Crippen LogP contribution in [-0.2, 0) is 6.61 Å². The van der Waals surface area contributed by atoms with Crippen LogP contribution in [-0.4, -0.2) is 9.97 Å². The van der Waals surface area contributed by atoms with Crippen LogP contribution in [0.2, 0.25) is 0 Å². The molecule has 0 atom stereocenters. The fourth-order valence-corrected chi connectivity index (χ4v) is 1.50. The molecule has 17 heavy (non-hydrogen) atoms. The number of hydrogen-bond acceptors (Lipinski definition) is 3. The molecule has 0 amide bonds. The highest BCUT2D eigenvalue weighted by atomic mass is 32.1. The van der Waals surface area contributed by atoms with E-state index < -0.39 is 0 Å². The van der Waals surface area contributed by atoms with Gasteiger partial charge in [-0.1, -0.05) is 42.5 Å². The number of pyridine rings is 1. The van der Waals surface area contributed by atoms with Gasteiger partial charge in [-0.25, -0.2) is 4.98 Å². The van der Waals surface area contributed by atoms with Gasteiger partial charge in [0.15, 0.2) is 0 Å². The van der Waals surface area contributed by atoms with Crippen molar-refractivity contribution in [3.05, 3.63) is 59.8 Å². The molecule has 0 spiro atoms. The molecule has 1 aromatic carbocycles. The zero-order valence-electron chi connectivity index (χ0n) is 9.17. The number of ether oxygens (including phenoxy) is 1. The topological polar surface area (TPSA) is 48.1 Å². The zero-order chi connectivity index (χ0) is 12.1. The van der Waals surface area contributed by atoms with Crippen molar-refractivity contribution in [2.24, 2.45) is 5.73 Å². The van der Waals surface area contributed by atoms with Gasteiger partial charge >= 0.3 is 0 Å². The van der Waals surface area contributed by atoms with Gasteiger partial charge in [-0.15, -0.1) is 0 Å². The van der Waals surface area contributed by atoms with Crippen molar-refractivity contribution in [2.75, 3.05) is 0 Å². The van der Waals surface area contributed by atoms with Crippen molar-refractivity contribution in [3.63, 3.8) is 0 Å². The lowest BCUT2D eigenvalue weighted by Crippen LogP contribution is -2.09. The lowest BCUT2D eigenvalue weighted by atomic mass is 10.2. The van der Waals surface area contributed by atoms with Crippen LogP contribution in [0.5, 0.6) is 5.88 Å². The van der Waals surface area contributed by atoms with Crippen molar-refractivity contribution in [1.29, 1.82) is 0 Å². The van der Waals surface area contributed by atoms with Gasteiger partial charge in [-0.2, -0.15) is 0 Å². The molecule has 2 aromatic rings. The molecule has 4 heteroatoms. The normalized spacial score (nSPS) is 9.88. The van der Waals surface area contributed by atoms with Crippen LogP contribution in [0.25, 0.3) is 0 Å². The van der Waals surface area contributed by atoms with Crippen molar-refractivity contribution >= 4 is 17.2 Å². The van der Waals surface area contributed by atoms with Crippen LogP contribution in [0.1, 0.15) is 11.1 Å². The van der Waals surface area contributed by atoms with E-state index in [9.17, 15) is 0 Å². The highest BCUT2D eigenvalue weighted by Gasteiger charge is 2.00. The van der Waals surface area contributed by atoms with E-state index in [2.05, 4.69) is 4.98 Å². The van der Waals surface area contributed by atoms with Gasteiger partial charge in [0.1, 0.15) is 11.6 Å². The molecule has 86 valence electrons. The Morgan fingerprint density at radius 2 is 2.00 bits per heavy atom. The molecule has 0 aliphatic rings. The van der Waals surface area contributed by atoms with Crippen molar-refractivity contribution in [1.82, 2.24) is 4.98 Å². The van der Waals surface area contributed by atoms with Gasteiger partial charge in [0.25, 0.3) is 0 Å². The third kappa shape index (κ3) is 3.26. The summed E-state index contributed by atoms with van der Waals surface area (Å²) in [6.45, 7) is 0.481. The zero-order valence-corrected chi connectivity index (χ0v) is 9.98. The quantitative estimate of drug-likeness (QED) is 0.838. The molecule has 0 aliphatic carbocycles. The molecule has 0 radical (unpaired) electrons. The molecular weight excluding hydrogens is 232 g/mol. The summed E-state index contributed by atoms with van der Waals surface area (Å²) in [6.07, 6.45) is 1.63. The van der Waals surface area contributed by atoms with Gasteiger partial charge in [0.2, 0.25) is 5.88 Å². The monoisotopic (exact) mass is 244 g/mol. The average Bonchev–Trinajstić information content (AvgIpc) is 2.38. The van der Waals surface area contributed by atoms with Crippen LogP contribution < -0.4 is 10.5 Å². The summed E-state index contributed by atoms with van der Waals surface area (Å²) in [5.74, 6) is 0.527. The number of nitrogens with zero attached hydrogens (tertiary/aromatic N) is 1. The second-order valence-electron chi connectivity index (χ2n) is 3.52. The molecule has 1 aromatic heterocycles. The minimum Gasteiger partial charge on any atom is -0.473 e. The van der Waals surface area contributed by atoms with E-state index in [0.29, 0.717) is 17.5 Å². The Bertz CT molecular complexity index is 514. The van der Waals surface area contributed by atoms with Gasteiger partial charge in [0.05, 0.1) is 0 Å². The molecule has 2 rings (SSSR count). The van der Waals surface area contributed by atoms with Gasteiger partial charge in [-0.3, -0.25) is 0 Å². The average molecular weight is 244 g/mol. The van der Waals surface area contributed by atoms with Crippen LogP contribution in [0.3, 0.4) is 0 Å². The summed E-state index contributed by atoms with van der Waals surface area (Å²) in [6, 6.07) is 13.4. The Morgan fingerprint density at radius 1 is 1.24 bits per heavy atom. The van der Waals surface area contributed by atoms with Crippen molar-refractivity contribution in [2.45, 2.75) is 6.61 Å². The fourth-order valence-electron chi connectivity index (χ4n) is 1.37. The van der Waals surface area contributed by atoms with E-state index in [1.807, 2.05) is 30.3 Å². The van der Waals surface area contributed by atoms with Gasteiger partial charge in [-0.05, 0) is 11.6 Å². The third-order valence-corrected chi connectivity index (χ3v) is 2.48. The lowest BCUT2D eigenvalue weighted by molar-refractivity contribution is 0.294. The number of benzene rings is 1. The molecule has 0 aliphatic heterocycles. The maximum Gasteiger partial charge on any atom is 0.214 e. The smallest absolute Gasteiger partial charge is 0.214 e. The molecule has 0 bridgehead atoms. The fraction of sp³-hybridized carbons (Fsp3) is 0.0769. The van der Waals surface area contributed by atoms with Crippen LogP contribution in [0.4, 0.5) is 0 Å². The van der Waals surface area contributed by atoms with Crippen LogP contribution >= 0.6 is 12.2 Å². The van der Waals surface area contributed by atoms with Crippen LogP contribution in [0.15, 0.2) is 48.7 Å². The molecule has 0 unspecified atom stereocenters. The number of hydrogen-bond donors (Lipinski definition) is 1. The number of nitrogens with two attached hydrogens (primary N) is 1. The minimum atomic E-state index is 0.344. The van der Waals surface area contributed by atoms with E-state index in [4.69, 9.17) is 22.7 Å². The van der Waals surface area contributed by atoms with Crippen LogP contribution in [0, 0.1) is 0 Å². The molecule has 0 saturated heterocycles. The Kier molecular flexibility index (Phi) is 3.67. The Labute approximate surface area is 105 Å². The first-order valence-corrected chi connectivity index (χ1v) is 5.59. The van der Waals surface area contributed by atoms with E-state index in [1.54, 1.807) is 18.3 Å². The predicted octanol–water partition coefficient (Wildman–Crippen LogP) is 2.29. The summed E-state index contributed by atoms with van der Waals surface area (Å²) in [5, 5.41) is 0. The first-order chi connectivity index (χ1) is 8.25. The second-order valence-corrected chi connectivity index (χ2v) is 3.96. The summed E-state index contributed by atoms with van der Waals surface area (Å²) in [5.41, 5.74) is 7.39. The molecule has 0 saturated carbocycles. The Morgan fingerprint density at radius 3 is 2.71 bits per heavy atom. The first-order valence-electron chi connectivity index (χ1n) is 5.18. The van der Waals surface area contributed by atoms with Gasteiger partial charge in [0, 0.05) is 17.8 Å². The van der Waals surface area contributed by atoms with E-state index >= 15 is 0 Å². The minimum absolute atomic E-state index is 0.344. The maximum absolute atomic E-state index is 5.56. The lowest BCUT2D eigenvalue weighted by Gasteiger charge is -2.06. The molecular formula is C13H12N2OS. The largest absolute Gasteiger partial charge is 0.473 e. The summed E-state index contributed by atoms with van der Waals surface area (Å²) >= 11 is 4.89. The molecule has 0 fully saturated rings. The standard InChI is InChI=1S/C13H12N2OS/c14-13(17)11-6-7-15-12(8-11)16-9-10-4-2-1-3-5-10/h1-8H,9H2,(H2,14,17). The second kappa shape index (κ2) is 5.41. The molecule has 1 heterocycles. The SMILES string of the molecule is NC(=S)c1ccnc(OCc2ccccc2)c1. The number of rotatable bonds is 4. The number of aromatic nitrogens is 1. The van der Waals surface area contributed by atoms with Gasteiger partial charge < -0.3 is 10.5 Å². The summed E-state index contributed by atoms with van der Waals surface area (Å²) in [7, 11) is 0. The Hall–Kier alpha value is -1.94. The Balaban J connectivity index is 2.04. The van der Waals surface area contributed by atoms with Crippen molar-refractivity contribution < 1.29 is 4.74 Å². The summed E-state index contributed by atoms with van der Waals surface area (Å²) in [4.78, 5) is 4.44.